The van der Waals surface area contributed by atoms with Crippen molar-refractivity contribution in [2.45, 2.75) is 33.7 Å². The van der Waals surface area contributed by atoms with Crippen LogP contribution < -0.4 is 14.9 Å². The molecule has 0 saturated heterocycles. The topological polar surface area (TPSA) is 78.5 Å². The number of fused-ring (bicyclic) bond motifs is 1. The third kappa shape index (κ3) is 4.35. The first-order valence-corrected chi connectivity index (χ1v) is 12.7. The summed E-state index contributed by atoms with van der Waals surface area (Å²) >= 11 is 1.24. The Kier molecular flexibility index (Phi) is 6.47. The third-order valence-corrected chi connectivity index (χ3v) is 7.31. The third-order valence-electron chi connectivity index (χ3n) is 6.33. The number of nitrogens with zero attached hydrogens (tertiary/aromatic N) is 4. The van der Waals surface area contributed by atoms with Gasteiger partial charge >= 0.3 is 5.97 Å². The van der Waals surface area contributed by atoms with E-state index < -0.39 is 17.8 Å². The van der Waals surface area contributed by atoms with Crippen LogP contribution in [-0.2, 0) is 9.53 Å². The number of hydrogen-bond acceptors (Lipinski definition) is 6. The van der Waals surface area contributed by atoms with Gasteiger partial charge in [-0.15, -0.1) is 0 Å². The second-order valence-electron chi connectivity index (χ2n) is 8.69. The van der Waals surface area contributed by atoms with Crippen molar-refractivity contribution in [1.29, 1.82) is 0 Å². The molecule has 0 bridgehead atoms. The maximum atomic E-state index is 13.8. The first-order chi connectivity index (χ1) is 17.8. The minimum Gasteiger partial charge on any atom is -0.463 e. The molecule has 2 aromatic carbocycles. The molecule has 5 rings (SSSR count). The lowest BCUT2D eigenvalue weighted by Crippen LogP contribution is -2.40. The number of esters is 1. The Morgan fingerprint density at radius 3 is 2.49 bits per heavy atom. The zero-order valence-electron chi connectivity index (χ0n) is 20.9. The zero-order chi connectivity index (χ0) is 26.3. The number of carbonyl (C=O) groups excluding carboxylic acids is 1. The number of aromatic nitrogens is 3. The van der Waals surface area contributed by atoms with Gasteiger partial charge in [-0.2, -0.15) is 5.10 Å². The van der Waals surface area contributed by atoms with Crippen molar-refractivity contribution in [3.8, 4) is 5.69 Å². The van der Waals surface area contributed by atoms with Crippen molar-refractivity contribution in [2.75, 3.05) is 6.61 Å². The van der Waals surface area contributed by atoms with E-state index in [1.807, 2.05) is 54.9 Å². The molecule has 1 aliphatic rings. The fourth-order valence-electron chi connectivity index (χ4n) is 4.57. The van der Waals surface area contributed by atoms with E-state index in [0.717, 1.165) is 22.6 Å². The molecule has 188 valence electrons. The Morgan fingerprint density at radius 1 is 1.11 bits per heavy atom. The summed E-state index contributed by atoms with van der Waals surface area (Å²) in [5.74, 6) is -0.959. The molecule has 0 unspecified atom stereocenters. The van der Waals surface area contributed by atoms with E-state index in [2.05, 4.69) is 10.1 Å². The molecular formula is C28H25FN4O3S. The van der Waals surface area contributed by atoms with Crippen molar-refractivity contribution in [2.24, 2.45) is 4.99 Å². The number of aryl methyl sites for hydroxylation is 1. The molecule has 2 aromatic heterocycles. The highest BCUT2D eigenvalue weighted by molar-refractivity contribution is 7.07. The van der Waals surface area contributed by atoms with Crippen LogP contribution in [0.3, 0.4) is 0 Å². The number of thiazole rings is 1. The second-order valence-corrected chi connectivity index (χ2v) is 9.69. The highest BCUT2D eigenvalue weighted by atomic mass is 32.1. The van der Waals surface area contributed by atoms with Crippen LogP contribution in [0.25, 0.3) is 11.8 Å². The van der Waals surface area contributed by atoms with Gasteiger partial charge < -0.3 is 4.74 Å². The summed E-state index contributed by atoms with van der Waals surface area (Å²) in [6, 6.07) is 14.8. The Hall–Kier alpha value is -4.11. The molecule has 37 heavy (non-hydrogen) atoms. The van der Waals surface area contributed by atoms with Gasteiger partial charge in [-0.05, 0) is 63.6 Å². The largest absolute Gasteiger partial charge is 0.463 e. The normalized spacial score (nSPS) is 15.5. The molecule has 0 amide bonds. The van der Waals surface area contributed by atoms with Gasteiger partial charge in [-0.25, -0.2) is 18.9 Å². The second kappa shape index (κ2) is 9.74. The molecule has 0 aliphatic carbocycles. The number of para-hydroxylation sites is 1. The number of carbonyl (C=O) groups is 1. The molecule has 4 aromatic rings. The maximum absolute atomic E-state index is 13.8. The summed E-state index contributed by atoms with van der Waals surface area (Å²) in [4.78, 5) is 31.8. The summed E-state index contributed by atoms with van der Waals surface area (Å²) in [6.45, 7) is 7.48. The molecule has 0 spiro atoms. The van der Waals surface area contributed by atoms with Gasteiger partial charge in [-0.3, -0.25) is 9.36 Å². The van der Waals surface area contributed by atoms with Crippen LogP contribution in [0.1, 0.15) is 42.4 Å². The molecule has 0 fully saturated rings. The predicted molar refractivity (Wildman–Crippen MR) is 140 cm³/mol. The minimum atomic E-state index is -0.785. The van der Waals surface area contributed by atoms with E-state index in [-0.39, 0.29) is 17.7 Å². The van der Waals surface area contributed by atoms with Crippen LogP contribution in [0, 0.1) is 19.7 Å². The summed E-state index contributed by atoms with van der Waals surface area (Å²) < 4.78 is 22.8. The van der Waals surface area contributed by atoms with Crippen LogP contribution in [-0.4, -0.2) is 26.9 Å². The molecule has 9 heteroatoms. The van der Waals surface area contributed by atoms with Crippen molar-refractivity contribution in [1.82, 2.24) is 14.3 Å². The lowest BCUT2D eigenvalue weighted by atomic mass is 9.96. The Balaban J connectivity index is 1.70. The Bertz CT molecular complexity index is 1710. The van der Waals surface area contributed by atoms with E-state index >= 15 is 0 Å². The zero-order valence-corrected chi connectivity index (χ0v) is 21.7. The molecule has 0 saturated carbocycles. The van der Waals surface area contributed by atoms with Gasteiger partial charge in [0.2, 0.25) is 0 Å². The van der Waals surface area contributed by atoms with Crippen molar-refractivity contribution in [3.05, 3.63) is 114 Å². The standard InChI is InChI=1S/C28H25FN4O3S/c1-5-36-27(35)24-17(3)30-28-32(25(24)19-11-13-20(29)14-12-19)26(34)23(37-28)15-22-16(2)31-33(18(22)4)21-9-7-6-8-10-21/h6-15,25H,5H2,1-4H3/t25-/m0/s1. The monoisotopic (exact) mass is 516 g/mol. The van der Waals surface area contributed by atoms with Crippen molar-refractivity contribution in [3.63, 3.8) is 0 Å². The van der Waals surface area contributed by atoms with E-state index in [0.29, 0.717) is 20.6 Å². The van der Waals surface area contributed by atoms with Crippen molar-refractivity contribution >= 4 is 23.4 Å². The van der Waals surface area contributed by atoms with Gasteiger partial charge in [-0.1, -0.05) is 41.7 Å². The number of ether oxygens (including phenoxy) is 1. The van der Waals surface area contributed by atoms with Gasteiger partial charge in [0, 0.05) is 11.3 Å². The van der Waals surface area contributed by atoms with E-state index in [1.165, 1.54) is 28.0 Å². The molecule has 7 nitrogen and oxygen atoms in total. The lowest BCUT2D eigenvalue weighted by Gasteiger charge is -2.24. The first-order valence-electron chi connectivity index (χ1n) is 11.9. The Morgan fingerprint density at radius 2 is 1.81 bits per heavy atom. The van der Waals surface area contributed by atoms with E-state index in [1.54, 1.807) is 26.0 Å². The summed E-state index contributed by atoms with van der Waals surface area (Å²) in [5, 5.41) is 4.68. The van der Waals surface area contributed by atoms with Gasteiger partial charge in [0.05, 0.1) is 39.8 Å². The van der Waals surface area contributed by atoms with Crippen LogP contribution in [0.2, 0.25) is 0 Å². The van der Waals surface area contributed by atoms with E-state index in [9.17, 15) is 14.0 Å². The number of halogens is 1. The number of rotatable bonds is 5. The molecular weight excluding hydrogens is 491 g/mol. The summed E-state index contributed by atoms with van der Waals surface area (Å²) in [6.07, 6.45) is 1.83. The smallest absolute Gasteiger partial charge is 0.338 e. The first kappa shape index (κ1) is 24.6. The quantitative estimate of drug-likeness (QED) is 0.379. The number of hydrogen-bond donors (Lipinski definition) is 0. The number of benzene rings is 2. The van der Waals surface area contributed by atoms with Crippen LogP contribution in [0.5, 0.6) is 0 Å². The van der Waals surface area contributed by atoms with Gasteiger partial charge in [0.25, 0.3) is 5.56 Å². The predicted octanol–water partition coefficient (Wildman–Crippen LogP) is 3.74. The maximum Gasteiger partial charge on any atom is 0.338 e. The average molecular weight is 517 g/mol. The summed E-state index contributed by atoms with van der Waals surface area (Å²) in [5.41, 5.74) is 4.47. The van der Waals surface area contributed by atoms with Crippen LogP contribution in [0.4, 0.5) is 4.39 Å². The molecule has 1 atom stereocenters. The van der Waals surface area contributed by atoms with Crippen molar-refractivity contribution < 1.29 is 13.9 Å². The number of allylic oxidation sites excluding steroid dienone is 1. The fraction of sp³-hybridized carbons (Fsp3) is 0.214. The Labute approximate surface area is 216 Å². The van der Waals surface area contributed by atoms with Crippen LogP contribution >= 0.6 is 11.3 Å². The molecule has 0 N–H and O–H groups in total. The SMILES string of the molecule is CCOC(=O)C1=C(C)N=c2sc(=Cc3c(C)nn(-c4ccccc4)c3C)c(=O)n2[C@H]1c1ccc(F)cc1. The highest BCUT2D eigenvalue weighted by Gasteiger charge is 2.33. The fourth-order valence-corrected chi connectivity index (χ4v) is 5.60. The molecule has 3 heterocycles. The average Bonchev–Trinajstić information content (AvgIpc) is 3.34. The van der Waals surface area contributed by atoms with Gasteiger partial charge in [0.1, 0.15) is 5.82 Å². The summed E-state index contributed by atoms with van der Waals surface area (Å²) in [7, 11) is 0. The van der Waals surface area contributed by atoms with E-state index in [4.69, 9.17) is 4.74 Å². The molecule has 0 radical (unpaired) electrons. The van der Waals surface area contributed by atoms with Crippen LogP contribution in [0.15, 0.2) is 75.7 Å². The lowest BCUT2D eigenvalue weighted by molar-refractivity contribution is -0.139. The molecule has 1 aliphatic heterocycles. The minimum absolute atomic E-state index is 0.181. The van der Waals surface area contributed by atoms with Gasteiger partial charge in [0.15, 0.2) is 4.80 Å². The highest BCUT2D eigenvalue weighted by Crippen LogP contribution is 2.30.